The second kappa shape index (κ2) is 9.23. The van der Waals surface area contributed by atoms with Crippen LogP contribution in [0.15, 0.2) is 18.2 Å². The minimum atomic E-state index is -0.571. The number of hydrogen-bond donors (Lipinski definition) is 2. The van der Waals surface area contributed by atoms with Crippen molar-refractivity contribution in [1.82, 2.24) is 15.5 Å². The van der Waals surface area contributed by atoms with Gasteiger partial charge in [0.25, 0.3) is 5.91 Å². The molecule has 1 aromatic carbocycles. The van der Waals surface area contributed by atoms with Gasteiger partial charge in [-0.2, -0.15) is 0 Å². The molecule has 9 nitrogen and oxygen atoms in total. The van der Waals surface area contributed by atoms with Crippen LogP contribution in [0.1, 0.15) is 50.4 Å². The molecule has 30 heavy (non-hydrogen) atoms. The van der Waals surface area contributed by atoms with E-state index in [0.29, 0.717) is 43.0 Å². The predicted octanol–water partition coefficient (Wildman–Crippen LogP) is 2.05. The third-order valence-corrected chi connectivity index (χ3v) is 4.79. The van der Waals surface area contributed by atoms with E-state index in [1.54, 1.807) is 43.9 Å². The maximum absolute atomic E-state index is 12.7. The highest BCUT2D eigenvalue weighted by molar-refractivity contribution is 5.95. The summed E-state index contributed by atoms with van der Waals surface area (Å²) in [6, 6.07) is 5.20. The van der Waals surface area contributed by atoms with Crippen LogP contribution >= 0.6 is 0 Å². The van der Waals surface area contributed by atoms with Gasteiger partial charge in [0.1, 0.15) is 5.60 Å². The van der Waals surface area contributed by atoms with Crippen LogP contribution in [0.4, 0.5) is 4.79 Å². The smallest absolute Gasteiger partial charge is 0.407 e. The summed E-state index contributed by atoms with van der Waals surface area (Å²) in [6.07, 6.45) is 1.00. The number of rotatable bonds is 5. The maximum Gasteiger partial charge on any atom is 0.407 e. The molecule has 3 rings (SSSR count). The summed E-state index contributed by atoms with van der Waals surface area (Å²) in [5.41, 5.74) is -0.00631. The second-order valence-electron chi connectivity index (χ2n) is 8.38. The molecule has 0 atom stereocenters. The average molecular weight is 419 g/mol. The number of nitrogens with zero attached hydrogens (tertiary/aromatic N) is 1. The van der Waals surface area contributed by atoms with Crippen LogP contribution in [0.5, 0.6) is 11.5 Å². The molecule has 1 saturated heterocycles. The van der Waals surface area contributed by atoms with Crippen molar-refractivity contribution in [2.75, 3.05) is 26.4 Å². The fourth-order valence-electron chi connectivity index (χ4n) is 3.33. The lowest BCUT2D eigenvalue weighted by Crippen LogP contribution is -2.47. The Morgan fingerprint density at radius 3 is 2.53 bits per heavy atom. The van der Waals surface area contributed by atoms with Gasteiger partial charge in [-0.3, -0.25) is 9.59 Å². The molecular weight excluding hydrogens is 390 g/mol. The van der Waals surface area contributed by atoms with E-state index in [-0.39, 0.29) is 37.6 Å². The monoisotopic (exact) mass is 419 g/mol. The Morgan fingerprint density at radius 1 is 1.13 bits per heavy atom. The summed E-state index contributed by atoms with van der Waals surface area (Å²) < 4.78 is 15.7. The lowest BCUT2D eigenvalue weighted by atomic mass is 10.0. The molecule has 2 N–H and O–H groups in total. The summed E-state index contributed by atoms with van der Waals surface area (Å²) in [4.78, 5) is 38.2. The first-order valence-electron chi connectivity index (χ1n) is 10.2. The van der Waals surface area contributed by atoms with E-state index >= 15 is 0 Å². The molecule has 0 bridgehead atoms. The number of hydrogen-bond acceptors (Lipinski definition) is 6. The van der Waals surface area contributed by atoms with Gasteiger partial charge in [-0.15, -0.1) is 0 Å². The largest absolute Gasteiger partial charge is 0.454 e. The topological polar surface area (TPSA) is 106 Å². The summed E-state index contributed by atoms with van der Waals surface area (Å²) in [5, 5.41) is 5.54. The fourth-order valence-corrected chi connectivity index (χ4v) is 3.33. The van der Waals surface area contributed by atoms with Crippen molar-refractivity contribution in [1.29, 1.82) is 0 Å². The van der Waals surface area contributed by atoms with Crippen molar-refractivity contribution < 1.29 is 28.6 Å². The molecule has 2 aliphatic rings. The Bertz CT molecular complexity index is 796. The molecule has 0 unspecified atom stereocenters. The number of likely N-dealkylation sites (tertiary alicyclic amines) is 1. The SMILES string of the molecule is CC(C)(C)OC(=O)NCCC(=O)NC1CCN(C(=O)c2ccc3c(c2)OCO3)CC1. The summed E-state index contributed by atoms with van der Waals surface area (Å²) in [7, 11) is 0. The van der Waals surface area contributed by atoms with Crippen LogP contribution in [0.25, 0.3) is 0 Å². The number of amides is 3. The van der Waals surface area contributed by atoms with Crippen LogP contribution in [-0.2, 0) is 9.53 Å². The third-order valence-electron chi connectivity index (χ3n) is 4.79. The van der Waals surface area contributed by atoms with Crippen molar-refractivity contribution in [3.8, 4) is 11.5 Å². The van der Waals surface area contributed by atoms with E-state index in [4.69, 9.17) is 14.2 Å². The van der Waals surface area contributed by atoms with Crippen LogP contribution in [0, 0.1) is 0 Å². The minimum absolute atomic E-state index is 0.0137. The van der Waals surface area contributed by atoms with Gasteiger partial charge in [-0.25, -0.2) is 4.79 Å². The number of fused-ring (bicyclic) bond motifs is 1. The zero-order valence-corrected chi connectivity index (χ0v) is 17.7. The van der Waals surface area contributed by atoms with Gasteiger partial charge in [0.2, 0.25) is 12.7 Å². The number of carbonyl (C=O) groups is 3. The van der Waals surface area contributed by atoms with Gasteiger partial charge < -0.3 is 29.7 Å². The predicted molar refractivity (Wildman–Crippen MR) is 108 cm³/mol. The Kier molecular flexibility index (Phi) is 6.69. The Hall–Kier alpha value is -2.97. The van der Waals surface area contributed by atoms with Gasteiger partial charge in [0, 0.05) is 37.7 Å². The highest BCUT2D eigenvalue weighted by atomic mass is 16.7. The van der Waals surface area contributed by atoms with Crippen molar-refractivity contribution >= 4 is 17.9 Å². The lowest BCUT2D eigenvalue weighted by molar-refractivity contribution is -0.121. The molecule has 0 aliphatic carbocycles. The first-order chi connectivity index (χ1) is 14.2. The highest BCUT2D eigenvalue weighted by Gasteiger charge is 2.26. The van der Waals surface area contributed by atoms with E-state index < -0.39 is 11.7 Å². The standard InChI is InChI=1S/C21H29N3O6/c1-21(2,3)30-20(27)22-9-6-18(25)23-15-7-10-24(11-8-15)19(26)14-4-5-16-17(12-14)29-13-28-16/h4-5,12,15H,6-11,13H2,1-3H3,(H,22,27)(H,23,25). The van der Waals surface area contributed by atoms with Crippen LogP contribution in [0.3, 0.4) is 0 Å². The number of carbonyl (C=O) groups excluding carboxylic acids is 3. The molecule has 0 radical (unpaired) electrons. The quantitative estimate of drug-likeness (QED) is 0.757. The van der Waals surface area contributed by atoms with Crippen LogP contribution in [-0.4, -0.2) is 60.9 Å². The minimum Gasteiger partial charge on any atom is -0.454 e. The lowest BCUT2D eigenvalue weighted by Gasteiger charge is -2.32. The zero-order chi connectivity index (χ0) is 21.7. The van der Waals surface area contributed by atoms with E-state index in [2.05, 4.69) is 10.6 Å². The number of benzene rings is 1. The first kappa shape index (κ1) is 21.7. The molecule has 3 amide bonds. The van der Waals surface area contributed by atoms with Crippen LogP contribution < -0.4 is 20.1 Å². The van der Waals surface area contributed by atoms with Crippen molar-refractivity contribution in [2.24, 2.45) is 0 Å². The summed E-state index contributed by atoms with van der Waals surface area (Å²) in [5.74, 6) is 1.04. The molecule has 9 heteroatoms. The van der Waals surface area contributed by atoms with Gasteiger partial charge >= 0.3 is 6.09 Å². The molecule has 0 spiro atoms. The molecule has 2 aliphatic heterocycles. The van der Waals surface area contributed by atoms with Gasteiger partial charge in [-0.1, -0.05) is 0 Å². The van der Waals surface area contributed by atoms with E-state index in [1.165, 1.54) is 0 Å². The first-order valence-corrected chi connectivity index (χ1v) is 10.2. The van der Waals surface area contributed by atoms with E-state index in [0.717, 1.165) is 0 Å². The van der Waals surface area contributed by atoms with Gasteiger partial charge in [0.15, 0.2) is 11.5 Å². The Balaban J connectivity index is 1.37. The fraction of sp³-hybridized carbons (Fsp3) is 0.571. The summed E-state index contributed by atoms with van der Waals surface area (Å²) in [6.45, 7) is 6.85. The number of alkyl carbamates (subject to hydrolysis) is 1. The molecule has 1 aromatic rings. The van der Waals surface area contributed by atoms with Crippen molar-refractivity contribution in [2.45, 2.75) is 51.7 Å². The molecule has 1 fully saturated rings. The molecule has 164 valence electrons. The number of nitrogens with one attached hydrogen (secondary N) is 2. The average Bonchev–Trinajstić information content (AvgIpc) is 3.14. The van der Waals surface area contributed by atoms with Crippen molar-refractivity contribution in [3.63, 3.8) is 0 Å². The highest BCUT2D eigenvalue weighted by Crippen LogP contribution is 2.33. The van der Waals surface area contributed by atoms with Crippen molar-refractivity contribution in [3.05, 3.63) is 23.8 Å². The van der Waals surface area contributed by atoms with Gasteiger partial charge in [-0.05, 0) is 51.8 Å². The molecule has 0 aromatic heterocycles. The number of piperidine rings is 1. The summed E-state index contributed by atoms with van der Waals surface area (Å²) >= 11 is 0. The zero-order valence-electron chi connectivity index (χ0n) is 17.7. The van der Waals surface area contributed by atoms with E-state index in [1.807, 2.05) is 0 Å². The van der Waals surface area contributed by atoms with Crippen LogP contribution in [0.2, 0.25) is 0 Å². The third kappa shape index (κ3) is 6.01. The van der Waals surface area contributed by atoms with E-state index in [9.17, 15) is 14.4 Å². The second-order valence-corrected chi connectivity index (χ2v) is 8.38. The molecule has 2 heterocycles. The molecule has 0 saturated carbocycles. The van der Waals surface area contributed by atoms with Gasteiger partial charge in [0.05, 0.1) is 0 Å². The Labute approximate surface area is 176 Å². The molecular formula is C21H29N3O6. The maximum atomic E-state index is 12.7. The Morgan fingerprint density at radius 2 is 1.83 bits per heavy atom. The normalized spacial score (nSPS) is 16.2. The number of ether oxygens (including phenoxy) is 3.